The van der Waals surface area contributed by atoms with E-state index in [9.17, 15) is 9.59 Å². The normalized spacial score (nSPS) is 10.4. The Hall–Kier alpha value is -1.82. The maximum absolute atomic E-state index is 11.6. The first-order valence-corrected chi connectivity index (χ1v) is 5.85. The van der Waals surface area contributed by atoms with Crippen LogP contribution in [0.1, 0.15) is 20.8 Å². The van der Waals surface area contributed by atoms with Crippen LogP contribution in [0.4, 0.5) is 0 Å². The minimum absolute atomic E-state index is 0.385. The highest BCUT2D eigenvalue weighted by Gasteiger charge is 2.16. The lowest BCUT2D eigenvalue weighted by Crippen LogP contribution is -2.06. The zero-order valence-corrected chi connectivity index (χ0v) is 11.4. The number of nitrogens with zero attached hydrogens (tertiary/aromatic N) is 1. The van der Waals surface area contributed by atoms with Gasteiger partial charge in [-0.15, -0.1) is 0 Å². The van der Waals surface area contributed by atoms with Gasteiger partial charge in [-0.3, -0.25) is 0 Å². The van der Waals surface area contributed by atoms with Crippen molar-refractivity contribution in [3.8, 4) is 0 Å². The summed E-state index contributed by atoms with van der Waals surface area (Å²) in [6.45, 7) is 0. The van der Waals surface area contributed by atoms with Crippen molar-refractivity contribution in [2.45, 2.75) is 0 Å². The molecule has 2 rings (SSSR count). The van der Waals surface area contributed by atoms with Crippen molar-refractivity contribution < 1.29 is 19.1 Å². The van der Waals surface area contributed by atoms with Crippen LogP contribution in [-0.4, -0.2) is 30.6 Å². The van der Waals surface area contributed by atoms with Gasteiger partial charge in [0, 0.05) is 10.7 Å². The molecule has 2 heterocycles. The molecule has 0 aliphatic heterocycles. The average Bonchev–Trinajstić information content (AvgIpc) is 2.74. The molecule has 0 aromatic carbocycles. The maximum Gasteiger partial charge on any atom is 0.355 e. The molecule has 0 atom stereocenters. The van der Waals surface area contributed by atoms with E-state index in [1.807, 2.05) is 0 Å². The molecule has 2 aromatic heterocycles. The Morgan fingerprint density at radius 1 is 1.17 bits per heavy atom. The first-order chi connectivity index (χ1) is 8.58. The third-order valence-corrected chi connectivity index (χ3v) is 3.17. The summed E-state index contributed by atoms with van der Waals surface area (Å²) >= 11 is 3.34. The van der Waals surface area contributed by atoms with Gasteiger partial charge in [0.05, 0.1) is 25.3 Å². The van der Waals surface area contributed by atoms with Crippen LogP contribution in [0, 0.1) is 0 Å². The fourth-order valence-corrected chi connectivity index (χ4v) is 2.19. The Labute approximate surface area is 111 Å². The van der Waals surface area contributed by atoms with Crippen molar-refractivity contribution in [2.24, 2.45) is 0 Å². The van der Waals surface area contributed by atoms with E-state index in [4.69, 9.17) is 0 Å². The van der Waals surface area contributed by atoms with Crippen LogP contribution < -0.4 is 0 Å². The minimum Gasteiger partial charge on any atom is -0.465 e. The average molecular weight is 312 g/mol. The van der Waals surface area contributed by atoms with Crippen LogP contribution in [0.25, 0.3) is 5.52 Å². The van der Waals surface area contributed by atoms with Crippen molar-refractivity contribution in [3.05, 3.63) is 40.1 Å². The Morgan fingerprint density at radius 3 is 2.44 bits per heavy atom. The maximum atomic E-state index is 11.6. The van der Waals surface area contributed by atoms with E-state index in [0.29, 0.717) is 21.2 Å². The van der Waals surface area contributed by atoms with Gasteiger partial charge in [0.25, 0.3) is 0 Å². The molecule has 5 nitrogen and oxygen atoms in total. The second-order valence-electron chi connectivity index (χ2n) is 3.53. The predicted octanol–water partition coefficient (Wildman–Crippen LogP) is 2.28. The number of methoxy groups -OCH3 is 2. The lowest BCUT2D eigenvalue weighted by Gasteiger charge is -2.03. The second-order valence-corrected chi connectivity index (χ2v) is 4.39. The number of hydrogen-bond donors (Lipinski definition) is 0. The van der Waals surface area contributed by atoms with E-state index < -0.39 is 11.9 Å². The number of carbonyl (C=O) groups is 2. The van der Waals surface area contributed by atoms with Gasteiger partial charge in [-0.05, 0) is 34.1 Å². The standard InChI is InChI=1S/C12H10BrNO4/c1-17-11(15)7-3-4-14-9(5-7)8(13)6-10(14)12(16)18-2/h3-6H,1-2H3. The molecule has 0 unspecified atom stereocenters. The number of rotatable bonds is 2. The number of ether oxygens (including phenoxy) is 2. The zero-order valence-electron chi connectivity index (χ0n) is 9.77. The summed E-state index contributed by atoms with van der Waals surface area (Å²) in [6.07, 6.45) is 1.62. The highest BCUT2D eigenvalue weighted by atomic mass is 79.9. The third kappa shape index (κ3) is 1.99. The van der Waals surface area contributed by atoms with E-state index in [1.165, 1.54) is 14.2 Å². The van der Waals surface area contributed by atoms with E-state index in [1.54, 1.807) is 28.8 Å². The highest BCUT2D eigenvalue weighted by Crippen LogP contribution is 2.24. The van der Waals surface area contributed by atoms with Gasteiger partial charge in [-0.1, -0.05) is 0 Å². The number of aromatic nitrogens is 1. The first kappa shape index (κ1) is 12.6. The molecule has 0 radical (unpaired) electrons. The molecule has 6 heteroatoms. The van der Waals surface area contributed by atoms with Gasteiger partial charge in [0.1, 0.15) is 5.69 Å². The van der Waals surface area contributed by atoms with E-state index in [0.717, 1.165) is 0 Å². The Balaban J connectivity index is 2.62. The molecular formula is C12H10BrNO4. The van der Waals surface area contributed by atoms with Gasteiger partial charge in [-0.2, -0.15) is 0 Å². The largest absolute Gasteiger partial charge is 0.465 e. The summed E-state index contributed by atoms with van der Waals surface area (Å²) < 4.78 is 11.7. The summed E-state index contributed by atoms with van der Waals surface area (Å²) in [4.78, 5) is 23.0. The van der Waals surface area contributed by atoms with Crippen LogP contribution in [-0.2, 0) is 9.47 Å². The van der Waals surface area contributed by atoms with Crippen molar-refractivity contribution in [3.63, 3.8) is 0 Å². The molecule has 0 N–H and O–H groups in total. The number of hydrogen-bond acceptors (Lipinski definition) is 4. The molecule has 0 saturated carbocycles. The molecular weight excluding hydrogens is 302 g/mol. The molecule has 0 amide bonds. The molecule has 0 aliphatic carbocycles. The smallest absolute Gasteiger partial charge is 0.355 e. The fraction of sp³-hybridized carbons (Fsp3) is 0.167. The molecule has 0 aliphatic rings. The summed E-state index contributed by atoms with van der Waals surface area (Å²) in [5.41, 5.74) is 1.49. The van der Waals surface area contributed by atoms with Crippen molar-refractivity contribution in [1.29, 1.82) is 0 Å². The van der Waals surface area contributed by atoms with Crippen molar-refractivity contribution in [1.82, 2.24) is 4.40 Å². The van der Waals surface area contributed by atoms with Crippen LogP contribution >= 0.6 is 15.9 Å². The lowest BCUT2D eigenvalue weighted by atomic mass is 10.2. The van der Waals surface area contributed by atoms with Crippen molar-refractivity contribution in [2.75, 3.05) is 14.2 Å². The van der Waals surface area contributed by atoms with Gasteiger partial charge in [0.2, 0.25) is 0 Å². The number of pyridine rings is 1. The second kappa shape index (κ2) is 4.81. The summed E-state index contributed by atoms with van der Waals surface area (Å²) in [6, 6.07) is 4.86. The van der Waals surface area contributed by atoms with Gasteiger partial charge in [-0.25, -0.2) is 9.59 Å². The SMILES string of the molecule is COC(=O)c1ccn2c(C(=O)OC)cc(Br)c2c1. The molecule has 18 heavy (non-hydrogen) atoms. The molecule has 2 aromatic rings. The molecule has 0 bridgehead atoms. The highest BCUT2D eigenvalue weighted by molar-refractivity contribution is 9.10. The summed E-state index contributed by atoms with van der Waals surface area (Å²) in [5, 5.41) is 0. The van der Waals surface area contributed by atoms with Crippen LogP contribution in [0.3, 0.4) is 0 Å². The quantitative estimate of drug-likeness (QED) is 0.798. The van der Waals surface area contributed by atoms with E-state index in [2.05, 4.69) is 25.4 Å². The van der Waals surface area contributed by atoms with Crippen LogP contribution in [0.15, 0.2) is 28.9 Å². The number of fused-ring (bicyclic) bond motifs is 1. The van der Waals surface area contributed by atoms with Gasteiger partial charge < -0.3 is 13.9 Å². The van der Waals surface area contributed by atoms with Gasteiger partial charge >= 0.3 is 11.9 Å². The van der Waals surface area contributed by atoms with Crippen LogP contribution in [0.2, 0.25) is 0 Å². The topological polar surface area (TPSA) is 57.0 Å². The number of carbonyl (C=O) groups excluding carboxylic acids is 2. The summed E-state index contributed by atoms with van der Waals surface area (Å²) in [7, 11) is 2.64. The third-order valence-electron chi connectivity index (χ3n) is 2.54. The first-order valence-electron chi connectivity index (χ1n) is 5.05. The Kier molecular flexibility index (Phi) is 3.38. The fourth-order valence-electron chi connectivity index (χ4n) is 1.66. The number of halogens is 1. The van der Waals surface area contributed by atoms with Gasteiger partial charge in [0.15, 0.2) is 0 Å². The monoisotopic (exact) mass is 311 g/mol. The molecule has 0 saturated heterocycles. The van der Waals surface area contributed by atoms with Crippen molar-refractivity contribution >= 4 is 33.4 Å². The predicted molar refractivity (Wildman–Crippen MR) is 67.8 cm³/mol. The van der Waals surface area contributed by atoms with E-state index >= 15 is 0 Å². The Bertz CT molecular complexity index is 632. The molecule has 0 spiro atoms. The molecule has 94 valence electrons. The van der Waals surface area contributed by atoms with E-state index in [-0.39, 0.29) is 0 Å². The number of esters is 2. The zero-order chi connectivity index (χ0) is 13.3. The molecule has 0 fully saturated rings. The Morgan fingerprint density at radius 2 is 1.83 bits per heavy atom. The summed E-state index contributed by atoms with van der Waals surface area (Å²) in [5.74, 6) is -0.869. The van der Waals surface area contributed by atoms with Crippen LogP contribution in [0.5, 0.6) is 0 Å². The lowest BCUT2D eigenvalue weighted by molar-refractivity contribution is 0.0589. The minimum atomic E-state index is -0.443.